The summed E-state index contributed by atoms with van der Waals surface area (Å²) in [5, 5.41) is 0. The molecule has 0 rings (SSSR count). The quantitative estimate of drug-likeness (QED) is 0.0261. The first kappa shape index (κ1) is 75.9. The molecule has 0 aromatic heterocycles. The number of hydrogen-bond donors (Lipinski definition) is 0. The number of carbonyl (C=O) groups excluding carboxylic acids is 3. The average molecular weight is 1100 g/mol. The molecular formula is C72H136O6. The van der Waals surface area contributed by atoms with Crippen LogP contribution in [0.5, 0.6) is 0 Å². The molecule has 0 aromatic carbocycles. The maximum absolute atomic E-state index is 12.9. The van der Waals surface area contributed by atoms with Gasteiger partial charge in [-0.1, -0.05) is 340 Å². The molecule has 0 N–H and O–H groups in total. The average Bonchev–Trinajstić information content (AvgIpc) is 3.44. The Bertz CT molecular complexity index is 1260. The predicted octanol–water partition coefficient (Wildman–Crippen LogP) is 24.2. The van der Waals surface area contributed by atoms with Gasteiger partial charge in [-0.3, -0.25) is 14.4 Å². The van der Waals surface area contributed by atoms with Gasteiger partial charge in [-0.25, -0.2) is 0 Å². The lowest BCUT2D eigenvalue weighted by Crippen LogP contribution is -2.30. The summed E-state index contributed by atoms with van der Waals surface area (Å²) in [6.07, 6.45) is 82.2. The molecule has 460 valence electrons. The third kappa shape index (κ3) is 64.7. The van der Waals surface area contributed by atoms with E-state index in [0.717, 1.165) is 64.2 Å². The zero-order valence-corrected chi connectivity index (χ0v) is 53.0. The Hall–Kier alpha value is -2.11. The molecule has 0 spiro atoms. The third-order valence-corrected chi connectivity index (χ3v) is 16.2. The van der Waals surface area contributed by atoms with E-state index in [1.807, 2.05) is 0 Å². The minimum absolute atomic E-state index is 0.0680. The van der Waals surface area contributed by atoms with E-state index in [4.69, 9.17) is 14.2 Å². The van der Waals surface area contributed by atoms with E-state index in [-0.39, 0.29) is 31.1 Å². The highest BCUT2D eigenvalue weighted by Gasteiger charge is 2.19. The van der Waals surface area contributed by atoms with Crippen LogP contribution in [0.1, 0.15) is 400 Å². The molecule has 0 heterocycles. The van der Waals surface area contributed by atoms with Crippen molar-refractivity contribution in [2.45, 2.75) is 406 Å². The van der Waals surface area contributed by atoms with Crippen molar-refractivity contribution in [2.24, 2.45) is 0 Å². The summed E-state index contributed by atoms with van der Waals surface area (Å²) in [6, 6.07) is 0. The molecule has 0 aliphatic carbocycles. The molecule has 6 heteroatoms. The summed E-state index contributed by atoms with van der Waals surface area (Å²) < 4.78 is 17.0. The molecule has 1 atom stereocenters. The van der Waals surface area contributed by atoms with Crippen LogP contribution >= 0.6 is 0 Å². The van der Waals surface area contributed by atoms with Crippen LogP contribution in [0.15, 0.2) is 24.3 Å². The van der Waals surface area contributed by atoms with Crippen molar-refractivity contribution in [3.63, 3.8) is 0 Å². The Morgan fingerprint density at radius 3 is 0.679 bits per heavy atom. The van der Waals surface area contributed by atoms with Crippen LogP contribution in [-0.4, -0.2) is 37.2 Å². The highest BCUT2D eigenvalue weighted by Crippen LogP contribution is 2.19. The van der Waals surface area contributed by atoms with Crippen molar-refractivity contribution in [1.29, 1.82) is 0 Å². The minimum Gasteiger partial charge on any atom is -0.462 e. The maximum atomic E-state index is 12.9. The summed E-state index contributed by atoms with van der Waals surface area (Å²) in [7, 11) is 0. The lowest BCUT2D eigenvalue weighted by Gasteiger charge is -2.18. The van der Waals surface area contributed by atoms with Crippen molar-refractivity contribution in [2.75, 3.05) is 13.2 Å². The molecule has 0 fully saturated rings. The summed E-state index contributed by atoms with van der Waals surface area (Å²) >= 11 is 0. The van der Waals surface area contributed by atoms with Gasteiger partial charge in [0.25, 0.3) is 0 Å². The molecule has 6 nitrogen and oxygen atoms in total. The first-order valence-corrected chi connectivity index (χ1v) is 35.3. The SMILES string of the molecule is CCCC/C=C\CCCCCCCC(=O)OCC(COC(=O)CCCCCCCCCCCCCCCCC/C=C\CCCCCCCCCC)OC(=O)CCCCCCCCCCCCCCCCCCCCCCCC. The fourth-order valence-corrected chi connectivity index (χ4v) is 10.8. The molecule has 0 aliphatic rings. The summed E-state index contributed by atoms with van der Waals surface area (Å²) in [4.78, 5) is 38.3. The van der Waals surface area contributed by atoms with Crippen LogP contribution in [0.3, 0.4) is 0 Å². The smallest absolute Gasteiger partial charge is 0.306 e. The van der Waals surface area contributed by atoms with Gasteiger partial charge < -0.3 is 14.2 Å². The van der Waals surface area contributed by atoms with Crippen molar-refractivity contribution in [3.05, 3.63) is 24.3 Å². The Balaban J connectivity index is 4.15. The fraction of sp³-hybridized carbons (Fsp3) is 0.903. The number of esters is 3. The molecular weight excluding hydrogens is 961 g/mol. The van der Waals surface area contributed by atoms with Crippen LogP contribution in [0.4, 0.5) is 0 Å². The second-order valence-corrected chi connectivity index (χ2v) is 24.1. The van der Waals surface area contributed by atoms with Crippen LogP contribution in [-0.2, 0) is 28.6 Å². The third-order valence-electron chi connectivity index (χ3n) is 16.2. The molecule has 0 amide bonds. The number of carbonyl (C=O) groups is 3. The van der Waals surface area contributed by atoms with Crippen LogP contribution in [0.25, 0.3) is 0 Å². The predicted molar refractivity (Wildman–Crippen MR) is 340 cm³/mol. The Kier molecular flexibility index (Phi) is 65.6. The van der Waals surface area contributed by atoms with Crippen LogP contribution in [0.2, 0.25) is 0 Å². The molecule has 0 radical (unpaired) electrons. The number of unbranched alkanes of at least 4 members (excludes halogenated alkanes) is 51. The Morgan fingerprint density at radius 2 is 0.436 bits per heavy atom. The molecule has 0 saturated heterocycles. The van der Waals surface area contributed by atoms with Crippen molar-refractivity contribution in [3.8, 4) is 0 Å². The largest absolute Gasteiger partial charge is 0.462 e. The van der Waals surface area contributed by atoms with Gasteiger partial charge in [-0.15, -0.1) is 0 Å². The van der Waals surface area contributed by atoms with E-state index in [1.165, 1.54) is 295 Å². The van der Waals surface area contributed by atoms with Crippen molar-refractivity contribution in [1.82, 2.24) is 0 Å². The molecule has 78 heavy (non-hydrogen) atoms. The van der Waals surface area contributed by atoms with Crippen molar-refractivity contribution >= 4 is 17.9 Å². The van der Waals surface area contributed by atoms with E-state index in [9.17, 15) is 14.4 Å². The lowest BCUT2D eigenvalue weighted by atomic mass is 10.0. The van der Waals surface area contributed by atoms with Gasteiger partial charge in [-0.05, 0) is 64.2 Å². The van der Waals surface area contributed by atoms with E-state index in [1.54, 1.807) is 0 Å². The van der Waals surface area contributed by atoms with Crippen LogP contribution in [0, 0.1) is 0 Å². The van der Waals surface area contributed by atoms with Crippen molar-refractivity contribution < 1.29 is 28.6 Å². The van der Waals surface area contributed by atoms with Gasteiger partial charge in [0, 0.05) is 19.3 Å². The maximum Gasteiger partial charge on any atom is 0.306 e. The number of allylic oxidation sites excluding steroid dienone is 4. The Labute approximate surface area is 487 Å². The first-order valence-electron chi connectivity index (χ1n) is 35.3. The highest BCUT2D eigenvalue weighted by atomic mass is 16.6. The Morgan fingerprint density at radius 1 is 0.244 bits per heavy atom. The van der Waals surface area contributed by atoms with E-state index < -0.39 is 6.10 Å². The summed E-state index contributed by atoms with van der Waals surface area (Å²) in [5.41, 5.74) is 0. The zero-order chi connectivity index (χ0) is 56.4. The van der Waals surface area contributed by atoms with Gasteiger partial charge in [-0.2, -0.15) is 0 Å². The second-order valence-electron chi connectivity index (χ2n) is 24.1. The number of ether oxygens (including phenoxy) is 3. The van der Waals surface area contributed by atoms with E-state index in [2.05, 4.69) is 45.1 Å². The van der Waals surface area contributed by atoms with Gasteiger partial charge in [0.15, 0.2) is 6.10 Å². The highest BCUT2D eigenvalue weighted by molar-refractivity contribution is 5.71. The monoisotopic (exact) mass is 1100 g/mol. The number of hydrogen-bond acceptors (Lipinski definition) is 6. The zero-order valence-electron chi connectivity index (χ0n) is 53.0. The second kappa shape index (κ2) is 67.4. The molecule has 0 aromatic rings. The van der Waals surface area contributed by atoms with Gasteiger partial charge in [0.2, 0.25) is 0 Å². The van der Waals surface area contributed by atoms with Crippen LogP contribution < -0.4 is 0 Å². The molecule has 0 saturated carbocycles. The summed E-state index contributed by atoms with van der Waals surface area (Å²) in [5.74, 6) is -0.848. The summed E-state index contributed by atoms with van der Waals surface area (Å²) in [6.45, 7) is 6.67. The molecule has 0 bridgehead atoms. The number of rotatable bonds is 66. The van der Waals surface area contributed by atoms with Gasteiger partial charge in [0.1, 0.15) is 13.2 Å². The molecule has 1 unspecified atom stereocenters. The van der Waals surface area contributed by atoms with Gasteiger partial charge >= 0.3 is 17.9 Å². The molecule has 0 aliphatic heterocycles. The lowest BCUT2D eigenvalue weighted by molar-refractivity contribution is -0.167. The normalized spacial score (nSPS) is 12.1. The van der Waals surface area contributed by atoms with E-state index >= 15 is 0 Å². The topological polar surface area (TPSA) is 78.9 Å². The standard InChI is InChI=1S/C72H136O6/c1-4-7-10-13-16-19-22-24-26-28-30-32-34-35-36-37-38-40-41-43-45-47-50-53-56-59-62-65-71(74)77-68-69(67-76-70(73)64-61-58-55-52-49-21-18-15-12-9-6-3)78-72(75)66-63-60-57-54-51-48-46-44-42-39-33-31-29-27-25-23-20-17-14-11-8-5-2/h15,18,28,30,69H,4-14,16-17,19-27,29,31-68H2,1-3H3/b18-15-,30-28-. The van der Waals surface area contributed by atoms with Gasteiger partial charge in [0.05, 0.1) is 0 Å². The van der Waals surface area contributed by atoms with E-state index in [0.29, 0.717) is 19.3 Å². The minimum atomic E-state index is -0.771. The first-order chi connectivity index (χ1) is 38.5. The fourth-order valence-electron chi connectivity index (χ4n) is 10.8.